The molecule has 0 aliphatic heterocycles. The molecule has 1 unspecified atom stereocenters. The number of ether oxygens (including phenoxy) is 1. The standard InChI is InChI=1S/C15H15BrINO/c1-19-12-4-2-3-10(7-12)8-15(18)13-9-11(16)5-6-14(13)17/h2-7,9,15H,8,18H2,1H3. The van der Waals surface area contributed by atoms with E-state index in [2.05, 4.69) is 56.7 Å². The summed E-state index contributed by atoms with van der Waals surface area (Å²) in [5.74, 6) is 0.869. The van der Waals surface area contributed by atoms with Crippen LogP contribution in [0.3, 0.4) is 0 Å². The molecule has 0 aliphatic carbocycles. The molecule has 0 radical (unpaired) electrons. The second-order valence-corrected chi connectivity index (χ2v) is 6.41. The van der Waals surface area contributed by atoms with Crippen LogP contribution in [0.15, 0.2) is 46.9 Å². The molecule has 2 aromatic carbocycles. The van der Waals surface area contributed by atoms with Crippen molar-refractivity contribution in [1.29, 1.82) is 0 Å². The van der Waals surface area contributed by atoms with Crippen LogP contribution in [0.2, 0.25) is 0 Å². The maximum absolute atomic E-state index is 6.32. The molecule has 1 atom stereocenters. The van der Waals surface area contributed by atoms with Gasteiger partial charge in [0.15, 0.2) is 0 Å². The first-order chi connectivity index (χ1) is 9.10. The van der Waals surface area contributed by atoms with Crippen molar-refractivity contribution in [3.63, 3.8) is 0 Å². The van der Waals surface area contributed by atoms with Gasteiger partial charge in [-0.1, -0.05) is 28.1 Å². The molecule has 2 nitrogen and oxygen atoms in total. The summed E-state index contributed by atoms with van der Waals surface area (Å²) in [6.45, 7) is 0. The van der Waals surface area contributed by atoms with E-state index in [0.717, 1.165) is 22.2 Å². The number of methoxy groups -OCH3 is 1. The van der Waals surface area contributed by atoms with E-state index >= 15 is 0 Å². The lowest BCUT2D eigenvalue weighted by Gasteiger charge is -2.15. The van der Waals surface area contributed by atoms with Crippen molar-refractivity contribution in [2.75, 3.05) is 7.11 Å². The molecule has 0 amide bonds. The molecular formula is C15H15BrINO. The van der Waals surface area contributed by atoms with Crippen molar-refractivity contribution < 1.29 is 4.74 Å². The Bertz CT molecular complexity index is 574. The highest BCUT2D eigenvalue weighted by molar-refractivity contribution is 14.1. The van der Waals surface area contributed by atoms with E-state index in [1.807, 2.05) is 24.3 Å². The zero-order valence-electron chi connectivity index (χ0n) is 10.6. The van der Waals surface area contributed by atoms with Crippen LogP contribution >= 0.6 is 38.5 Å². The summed E-state index contributed by atoms with van der Waals surface area (Å²) in [6.07, 6.45) is 0.795. The zero-order valence-corrected chi connectivity index (χ0v) is 14.3. The molecule has 0 fully saturated rings. The SMILES string of the molecule is COc1cccc(CC(N)c2cc(Br)ccc2I)c1. The number of rotatable bonds is 4. The molecule has 0 saturated heterocycles. The van der Waals surface area contributed by atoms with Crippen LogP contribution in [0.5, 0.6) is 5.75 Å². The highest BCUT2D eigenvalue weighted by Gasteiger charge is 2.11. The van der Waals surface area contributed by atoms with Gasteiger partial charge in [-0.3, -0.25) is 0 Å². The van der Waals surface area contributed by atoms with Crippen LogP contribution in [0.1, 0.15) is 17.2 Å². The minimum absolute atomic E-state index is 0.0171. The molecule has 2 N–H and O–H groups in total. The van der Waals surface area contributed by atoms with Crippen LogP contribution in [0.4, 0.5) is 0 Å². The third kappa shape index (κ3) is 3.94. The van der Waals surface area contributed by atoms with Gasteiger partial charge < -0.3 is 10.5 Å². The molecule has 100 valence electrons. The second-order valence-electron chi connectivity index (χ2n) is 4.33. The lowest BCUT2D eigenvalue weighted by Crippen LogP contribution is -2.14. The molecule has 0 spiro atoms. The first kappa shape index (κ1) is 14.8. The smallest absolute Gasteiger partial charge is 0.119 e. The highest BCUT2D eigenvalue weighted by atomic mass is 127. The molecular weight excluding hydrogens is 417 g/mol. The first-order valence-corrected chi connectivity index (χ1v) is 7.81. The van der Waals surface area contributed by atoms with Gasteiger partial charge in [-0.25, -0.2) is 0 Å². The second kappa shape index (κ2) is 6.72. The third-order valence-corrected chi connectivity index (χ3v) is 4.42. The highest BCUT2D eigenvalue weighted by Crippen LogP contribution is 2.26. The van der Waals surface area contributed by atoms with Crippen molar-refractivity contribution in [2.45, 2.75) is 12.5 Å². The van der Waals surface area contributed by atoms with E-state index < -0.39 is 0 Å². The zero-order chi connectivity index (χ0) is 13.8. The van der Waals surface area contributed by atoms with Crippen molar-refractivity contribution in [3.8, 4) is 5.75 Å². The number of halogens is 2. The van der Waals surface area contributed by atoms with Gasteiger partial charge in [-0.15, -0.1) is 0 Å². The summed E-state index contributed by atoms with van der Waals surface area (Å²) in [7, 11) is 1.68. The van der Waals surface area contributed by atoms with Crippen LogP contribution in [-0.4, -0.2) is 7.11 Å². The fourth-order valence-electron chi connectivity index (χ4n) is 1.96. The Morgan fingerprint density at radius 1 is 1.26 bits per heavy atom. The summed E-state index contributed by atoms with van der Waals surface area (Å²) < 4.78 is 7.49. The van der Waals surface area contributed by atoms with Gasteiger partial charge in [-0.2, -0.15) is 0 Å². The lowest BCUT2D eigenvalue weighted by atomic mass is 10.00. The Kier molecular flexibility index (Phi) is 5.24. The van der Waals surface area contributed by atoms with Gasteiger partial charge in [0, 0.05) is 14.1 Å². The van der Waals surface area contributed by atoms with Gasteiger partial charge in [0.25, 0.3) is 0 Å². The maximum Gasteiger partial charge on any atom is 0.119 e. The van der Waals surface area contributed by atoms with Crippen molar-refractivity contribution in [2.24, 2.45) is 5.73 Å². The Balaban J connectivity index is 2.20. The monoisotopic (exact) mass is 431 g/mol. The predicted octanol–water partition coefficient (Wildman–Crippen LogP) is 4.30. The number of hydrogen-bond acceptors (Lipinski definition) is 2. The van der Waals surface area contributed by atoms with Gasteiger partial charge in [0.2, 0.25) is 0 Å². The van der Waals surface area contributed by atoms with Crippen LogP contribution < -0.4 is 10.5 Å². The molecule has 0 bridgehead atoms. The Hall–Kier alpha value is -0.590. The average molecular weight is 432 g/mol. The quantitative estimate of drug-likeness (QED) is 0.732. The number of benzene rings is 2. The Morgan fingerprint density at radius 2 is 2.05 bits per heavy atom. The third-order valence-electron chi connectivity index (χ3n) is 2.95. The van der Waals surface area contributed by atoms with E-state index in [-0.39, 0.29) is 6.04 Å². The summed E-state index contributed by atoms with van der Waals surface area (Å²) in [4.78, 5) is 0. The number of nitrogens with two attached hydrogens (primary N) is 1. The lowest BCUT2D eigenvalue weighted by molar-refractivity contribution is 0.414. The van der Waals surface area contributed by atoms with Crippen molar-refractivity contribution in [1.82, 2.24) is 0 Å². The molecule has 4 heteroatoms. The normalized spacial score (nSPS) is 12.2. The maximum atomic E-state index is 6.32. The fraction of sp³-hybridized carbons (Fsp3) is 0.200. The molecule has 19 heavy (non-hydrogen) atoms. The van der Waals surface area contributed by atoms with E-state index in [4.69, 9.17) is 10.5 Å². The van der Waals surface area contributed by atoms with Gasteiger partial charge in [-0.05, 0) is 70.5 Å². The van der Waals surface area contributed by atoms with Crippen LogP contribution in [-0.2, 0) is 6.42 Å². The summed E-state index contributed by atoms with van der Waals surface area (Å²) >= 11 is 5.82. The van der Waals surface area contributed by atoms with E-state index in [9.17, 15) is 0 Å². The van der Waals surface area contributed by atoms with Gasteiger partial charge >= 0.3 is 0 Å². The largest absolute Gasteiger partial charge is 0.497 e. The summed E-state index contributed by atoms with van der Waals surface area (Å²) in [5, 5.41) is 0. The molecule has 0 aromatic heterocycles. The summed E-state index contributed by atoms with van der Waals surface area (Å²) in [6, 6.07) is 14.2. The molecule has 2 aromatic rings. The fourth-order valence-corrected chi connectivity index (χ4v) is 3.08. The van der Waals surface area contributed by atoms with Crippen molar-refractivity contribution in [3.05, 3.63) is 61.6 Å². The molecule has 0 saturated carbocycles. The predicted molar refractivity (Wildman–Crippen MR) is 90.5 cm³/mol. The topological polar surface area (TPSA) is 35.2 Å². The first-order valence-electron chi connectivity index (χ1n) is 5.93. The minimum atomic E-state index is -0.0171. The van der Waals surface area contributed by atoms with Gasteiger partial charge in [0.1, 0.15) is 5.75 Å². The van der Waals surface area contributed by atoms with Crippen molar-refractivity contribution >= 4 is 38.5 Å². The minimum Gasteiger partial charge on any atom is -0.497 e. The van der Waals surface area contributed by atoms with E-state index in [0.29, 0.717) is 0 Å². The van der Waals surface area contributed by atoms with E-state index in [1.165, 1.54) is 9.13 Å². The molecule has 0 aliphatic rings. The molecule has 0 heterocycles. The average Bonchev–Trinajstić information content (AvgIpc) is 2.41. The van der Waals surface area contributed by atoms with E-state index in [1.54, 1.807) is 7.11 Å². The summed E-state index contributed by atoms with van der Waals surface area (Å²) in [5.41, 5.74) is 8.67. The molecule has 2 rings (SSSR count). The Morgan fingerprint density at radius 3 is 2.79 bits per heavy atom. The van der Waals surface area contributed by atoms with Crippen LogP contribution in [0.25, 0.3) is 0 Å². The Labute approximate surface area is 135 Å². The number of hydrogen-bond donors (Lipinski definition) is 1. The van der Waals surface area contributed by atoms with Crippen LogP contribution in [0, 0.1) is 3.57 Å². The van der Waals surface area contributed by atoms with Gasteiger partial charge in [0.05, 0.1) is 7.11 Å².